The topological polar surface area (TPSA) is 61.8 Å². The molecular weight excluding hydrogens is 362 g/mol. The van der Waals surface area contributed by atoms with Gasteiger partial charge in [-0.2, -0.15) is 0 Å². The number of carbonyl (C=O) groups excluding carboxylic acids is 1. The van der Waals surface area contributed by atoms with Crippen LogP contribution in [0.3, 0.4) is 0 Å². The third-order valence-corrected chi connectivity index (χ3v) is 5.90. The lowest BCUT2D eigenvalue weighted by atomic mass is 9.89. The molecule has 5 nitrogen and oxygen atoms in total. The molecule has 1 fully saturated rings. The third-order valence-electron chi connectivity index (χ3n) is 4.93. The summed E-state index contributed by atoms with van der Waals surface area (Å²) in [6.45, 7) is 1.57. The van der Waals surface area contributed by atoms with Crippen molar-refractivity contribution < 1.29 is 18.8 Å². The summed E-state index contributed by atoms with van der Waals surface area (Å²) < 4.78 is 22.8. The zero-order valence-corrected chi connectivity index (χ0v) is 16.5. The van der Waals surface area contributed by atoms with E-state index in [1.165, 1.54) is 0 Å². The largest absolute Gasteiger partial charge is 0.612 e. The third kappa shape index (κ3) is 4.96. The van der Waals surface area contributed by atoms with E-state index in [2.05, 4.69) is 0 Å². The molecule has 3 rings (SSSR count). The van der Waals surface area contributed by atoms with Gasteiger partial charge in [-0.05, 0) is 41.6 Å². The molecule has 0 aliphatic carbocycles. The average Bonchev–Trinajstić information content (AvgIpc) is 2.72. The number of methoxy groups -OCH3 is 1. The highest BCUT2D eigenvalue weighted by atomic mass is 32.2. The standard InChI is InChI=1S/C21H25NO4S/c1-25-18-8-9-19(20(14-18)27(2)24)17-10-12-22(13-11-17)21(23)26-15-16-6-4-3-5-7-16/h3-9,14,17H,10-13,15H2,1-2H3. The Bertz CT molecular complexity index is 758. The van der Waals surface area contributed by atoms with Crippen LogP contribution in [0.1, 0.15) is 29.9 Å². The summed E-state index contributed by atoms with van der Waals surface area (Å²) in [6, 6.07) is 15.4. The van der Waals surface area contributed by atoms with Crippen molar-refractivity contribution >= 4 is 17.3 Å². The Morgan fingerprint density at radius 2 is 1.89 bits per heavy atom. The van der Waals surface area contributed by atoms with Gasteiger partial charge in [0.1, 0.15) is 18.6 Å². The van der Waals surface area contributed by atoms with Crippen LogP contribution in [-0.2, 0) is 22.5 Å². The predicted octanol–water partition coefficient (Wildman–Crippen LogP) is 3.95. The number of carbonyl (C=O) groups is 1. The molecule has 0 spiro atoms. The molecular formula is C21H25NO4S. The van der Waals surface area contributed by atoms with E-state index < -0.39 is 11.2 Å². The highest BCUT2D eigenvalue weighted by Crippen LogP contribution is 2.34. The minimum absolute atomic E-state index is 0.272. The molecule has 1 saturated heterocycles. The van der Waals surface area contributed by atoms with Crippen molar-refractivity contribution in [3.63, 3.8) is 0 Å². The number of hydrogen-bond donors (Lipinski definition) is 0. The van der Waals surface area contributed by atoms with Crippen LogP contribution in [0.4, 0.5) is 4.79 Å². The van der Waals surface area contributed by atoms with E-state index in [4.69, 9.17) is 9.47 Å². The van der Waals surface area contributed by atoms with Crippen molar-refractivity contribution in [2.75, 3.05) is 26.5 Å². The first-order chi connectivity index (χ1) is 13.1. The molecule has 1 atom stereocenters. The Balaban J connectivity index is 1.58. The van der Waals surface area contributed by atoms with Crippen LogP contribution >= 0.6 is 0 Å². The van der Waals surface area contributed by atoms with Gasteiger partial charge < -0.3 is 18.9 Å². The quantitative estimate of drug-likeness (QED) is 0.729. The van der Waals surface area contributed by atoms with Crippen molar-refractivity contribution in [1.82, 2.24) is 4.90 Å². The van der Waals surface area contributed by atoms with E-state index in [0.717, 1.165) is 28.9 Å². The second-order valence-electron chi connectivity index (χ2n) is 6.66. The predicted molar refractivity (Wildman–Crippen MR) is 106 cm³/mol. The van der Waals surface area contributed by atoms with Gasteiger partial charge in [0.15, 0.2) is 4.90 Å². The maximum Gasteiger partial charge on any atom is 0.410 e. The molecule has 6 heteroatoms. The van der Waals surface area contributed by atoms with Gasteiger partial charge in [-0.3, -0.25) is 0 Å². The SMILES string of the molecule is COc1ccc(C2CCN(C(=O)OCc3ccccc3)CC2)c([S+](C)[O-])c1. The van der Waals surface area contributed by atoms with Crippen LogP contribution in [0, 0.1) is 0 Å². The zero-order chi connectivity index (χ0) is 19.2. The molecule has 27 heavy (non-hydrogen) atoms. The average molecular weight is 388 g/mol. The van der Waals surface area contributed by atoms with E-state index in [1.54, 1.807) is 18.3 Å². The fourth-order valence-corrected chi connectivity index (χ4v) is 4.26. The summed E-state index contributed by atoms with van der Waals surface area (Å²) in [5, 5.41) is 0. The Labute approximate surface area is 163 Å². The summed E-state index contributed by atoms with van der Waals surface area (Å²) in [7, 11) is 1.61. The molecule has 2 aromatic rings. The van der Waals surface area contributed by atoms with Gasteiger partial charge in [0.05, 0.1) is 7.11 Å². The Hall–Kier alpha value is -2.18. The van der Waals surface area contributed by atoms with Crippen molar-refractivity contribution in [2.24, 2.45) is 0 Å². The summed E-state index contributed by atoms with van der Waals surface area (Å²) in [6.07, 6.45) is 3.08. The fraction of sp³-hybridized carbons (Fsp3) is 0.381. The molecule has 1 aliphatic rings. The van der Waals surface area contributed by atoms with Crippen LogP contribution in [0.15, 0.2) is 53.4 Å². The van der Waals surface area contributed by atoms with Gasteiger partial charge in [-0.1, -0.05) is 36.4 Å². The monoisotopic (exact) mass is 387 g/mol. The molecule has 0 N–H and O–H groups in total. The molecule has 2 aromatic carbocycles. The minimum atomic E-state index is -1.08. The summed E-state index contributed by atoms with van der Waals surface area (Å²) in [5.41, 5.74) is 2.07. The van der Waals surface area contributed by atoms with E-state index in [9.17, 15) is 9.35 Å². The van der Waals surface area contributed by atoms with Crippen molar-refractivity contribution in [1.29, 1.82) is 0 Å². The van der Waals surface area contributed by atoms with Gasteiger partial charge in [0.25, 0.3) is 0 Å². The molecule has 0 aromatic heterocycles. The number of ether oxygens (including phenoxy) is 2. The molecule has 0 bridgehead atoms. The van der Waals surface area contributed by atoms with Gasteiger partial charge in [-0.25, -0.2) is 4.79 Å². The van der Waals surface area contributed by atoms with Crippen molar-refractivity contribution in [3.05, 3.63) is 59.7 Å². The number of piperidine rings is 1. The zero-order valence-electron chi connectivity index (χ0n) is 15.7. The molecule has 1 heterocycles. The summed E-state index contributed by atoms with van der Waals surface area (Å²) in [4.78, 5) is 14.9. The van der Waals surface area contributed by atoms with Crippen LogP contribution < -0.4 is 4.74 Å². The maximum absolute atomic E-state index is 12.3. The first kappa shape index (κ1) is 19.6. The van der Waals surface area contributed by atoms with E-state index >= 15 is 0 Å². The normalized spacial score (nSPS) is 16.0. The number of amides is 1. The van der Waals surface area contributed by atoms with E-state index in [0.29, 0.717) is 18.8 Å². The molecule has 0 saturated carbocycles. The summed E-state index contributed by atoms with van der Waals surface area (Å²) >= 11 is -1.08. The number of rotatable bonds is 5. The highest BCUT2D eigenvalue weighted by molar-refractivity contribution is 7.90. The van der Waals surface area contributed by atoms with Gasteiger partial charge in [-0.15, -0.1) is 0 Å². The van der Waals surface area contributed by atoms with Crippen LogP contribution in [0.2, 0.25) is 0 Å². The molecule has 144 valence electrons. The van der Waals surface area contributed by atoms with Crippen molar-refractivity contribution in [2.45, 2.75) is 30.3 Å². The maximum atomic E-state index is 12.3. The molecule has 1 unspecified atom stereocenters. The van der Waals surface area contributed by atoms with Crippen LogP contribution in [-0.4, -0.2) is 42.0 Å². The second-order valence-corrected chi connectivity index (χ2v) is 8.01. The number of nitrogens with zero attached hydrogens (tertiary/aromatic N) is 1. The number of benzene rings is 2. The lowest BCUT2D eigenvalue weighted by Crippen LogP contribution is -2.38. The second kappa shape index (κ2) is 9.15. The van der Waals surface area contributed by atoms with Crippen LogP contribution in [0.25, 0.3) is 0 Å². The smallest absolute Gasteiger partial charge is 0.410 e. The summed E-state index contributed by atoms with van der Waals surface area (Å²) in [5.74, 6) is 0.999. The Morgan fingerprint density at radius 3 is 2.52 bits per heavy atom. The van der Waals surface area contributed by atoms with E-state index in [1.807, 2.05) is 48.5 Å². The minimum Gasteiger partial charge on any atom is -0.612 e. The molecule has 0 radical (unpaired) electrons. The number of likely N-dealkylation sites (tertiary alicyclic amines) is 1. The van der Waals surface area contributed by atoms with Crippen molar-refractivity contribution in [3.8, 4) is 5.75 Å². The van der Waals surface area contributed by atoms with Gasteiger partial charge >= 0.3 is 6.09 Å². The van der Waals surface area contributed by atoms with E-state index in [-0.39, 0.29) is 18.6 Å². The first-order valence-corrected chi connectivity index (χ1v) is 10.6. The lowest BCUT2D eigenvalue weighted by Gasteiger charge is -2.32. The lowest BCUT2D eigenvalue weighted by molar-refractivity contribution is 0.0869. The Morgan fingerprint density at radius 1 is 1.19 bits per heavy atom. The first-order valence-electron chi connectivity index (χ1n) is 9.05. The molecule has 1 amide bonds. The molecule has 1 aliphatic heterocycles. The fourth-order valence-electron chi connectivity index (χ4n) is 3.41. The van der Waals surface area contributed by atoms with Gasteiger partial charge in [0, 0.05) is 24.7 Å². The van der Waals surface area contributed by atoms with Gasteiger partial charge in [0.2, 0.25) is 0 Å². The number of hydrogen-bond acceptors (Lipinski definition) is 4. The highest BCUT2D eigenvalue weighted by Gasteiger charge is 2.28. The van der Waals surface area contributed by atoms with Crippen LogP contribution in [0.5, 0.6) is 5.75 Å². The Kier molecular flexibility index (Phi) is 6.63.